The maximum atomic E-state index is 5.76. The monoisotopic (exact) mass is 358 g/mol. The van der Waals surface area contributed by atoms with Crippen LogP contribution in [0.4, 0.5) is 0 Å². The minimum absolute atomic E-state index is 0.358. The van der Waals surface area contributed by atoms with Gasteiger partial charge in [-0.05, 0) is 50.9 Å². The molecule has 2 aliphatic rings. The Bertz CT molecular complexity index is 663. The normalized spacial score (nSPS) is 21.7. The largest absolute Gasteiger partial charge is 0.377 e. The summed E-state index contributed by atoms with van der Waals surface area (Å²) in [5.74, 6) is 2.00. The van der Waals surface area contributed by atoms with Gasteiger partial charge in [-0.2, -0.15) is 0 Å². The van der Waals surface area contributed by atoms with Crippen molar-refractivity contribution in [2.75, 3.05) is 25.4 Å². The third-order valence-corrected chi connectivity index (χ3v) is 6.01. The Balaban J connectivity index is 1.55. The number of ether oxygens (including phenoxy) is 1. The molecule has 0 N–H and O–H groups in total. The summed E-state index contributed by atoms with van der Waals surface area (Å²) in [6, 6.07) is 10.5. The number of hydrogen-bond acceptors (Lipinski definition) is 5. The van der Waals surface area contributed by atoms with Gasteiger partial charge in [-0.1, -0.05) is 36.4 Å². The quantitative estimate of drug-likeness (QED) is 0.739. The van der Waals surface area contributed by atoms with Gasteiger partial charge in [0, 0.05) is 18.0 Å². The molecule has 2 saturated heterocycles. The number of piperidine rings is 1. The van der Waals surface area contributed by atoms with Crippen molar-refractivity contribution in [2.24, 2.45) is 0 Å². The molecule has 0 bridgehead atoms. The fourth-order valence-electron chi connectivity index (χ4n) is 3.59. The highest BCUT2D eigenvalue weighted by atomic mass is 32.2. The molecular formula is C19H26N4OS. The molecule has 0 radical (unpaired) electrons. The maximum absolute atomic E-state index is 5.76. The molecule has 0 saturated carbocycles. The van der Waals surface area contributed by atoms with Gasteiger partial charge in [0.25, 0.3) is 0 Å². The second-order valence-electron chi connectivity index (χ2n) is 6.85. The molecule has 3 heterocycles. The average molecular weight is 359 g/mol. The Labute approximate surface area is 153 Å². The predicted octanol–water partition coefficient (Wildman–Crippen LogP) is 3.52. The highest BCUT2D eigenvalue weighted by Crippen LogP contribution is 2.26. The Hall–Kier alpha value is -1.37. The summed E-state index contributed by atoms with van der Waals surface area (Å²) in [6.07, 6.45) is 6.63. The van der Waals surface area contributed by atoms with Crippen molar-refractivity contribution in [1.82, 2.24) is 19.7 Å². The molecule has 6 heteroatoms. The van der Waals surface area contributed by atoms with E-state index in [1.54, 1.807) is 11.8 Å². The summed E-state index contributed by atoms with van der Waals surface area (Å²) in [5.41, 5.74) is 1.15. The van der Waals surface area contributed by atoms with Crippen LogP contribution in [0.25, 0.3) is 5.69 Å². The van der Waals surface area contributed by atoms with E-state index in [9.17, 15) is 0 Å². The van der Waals surface area contributed by atoms with Crippen molar-refractivity contribution in [3.8, 4) is 5.69 Å². The van der Waals surface area contributed by atoms with E-state index >= 15 is 0 Å². The van der Waals surface area contributed by atoms with E-state index in [0.717, 1.165) is 42.0 Å². The smallest absolute Gasteiger partial charge is 0.195 e. The molecule has 0 spiro atoms. The van der Waals surface area contributed by atoms with Gasteiger partial charge in [0.2, 0.25) is 0 Å². The van der Waals surface area contributed by atoms with Gasteiger partial charge >= 0.3 is 0 Å². The molecule has 1 atom stereocenters. The van der Waals surface area contributed by atoms with Crippen molar-refractivity contribution >= 4 is 11.8 Å². The molecule has 1 aromatic heterocycles. The summed E-state index contributed by atoms with van der Waals surface area (Å²) < 4.78 is 7.99. The zero-order valence-electron chi connectivity index (χ0n) is 14.6. The number of likely N-dealkylation sites (tertiary alicyclic amines) is 1. The fraction of sp³-hybridized carbons (Fsp3) is 0.579. The first-order chi connectivity index (χ1) is 12.4. The topological polar surface area (TPSA) is 43.2 Å². The number of hydrogen-bond donors (Lipinski definition) is 0. The molecule has 1 aromatic carbocycles. The van der Waals surface area contributed by atoms with E-state index in [2.05, 4.69) is 50.0 Å². The lowest BCUT2D eigenvalue weighted by Gasteiger charge is -2.26. The zero-order chi connectivity index (χ0) is 16.9. The first-order valence-corrected chi connectivity index (χ1v) is 10.4. The number of nitrogens with zero attached hydrogens (tertiary/aromatic N) is 4. The summed E-state index contributed by atoms with van der Waals surface area (Å²) >= 11 is 1.77. The lowest BCUT2D eigenvalue weighted by Crippen LogP contribution is -2.30. The van der Waals surface area contributed by atoms with Crippen LogP contribution in [0.5, 0.6) is 0 Å². The fourth-order valence-corrected chi connectivity index (χ4v) is 4.63. The van der Waals surface area contributed by atoms with Crippen LogP contribution in [0, 0.1) is 0 Å². The Morgan fingerprint density at radius 1 is 1.04 bits per heavy atom. The van der Waals surface area contributed by atoms with Crippen molar-refractivity contribution in [3.63, 3.8) is 0 Å². The van der Waals surface area contributed by atoms with Crippen LogP contribution in [-0.4, -0.2) is 51.2 Å². The van der Waals surface area contributed by atoms with E-state index in [1.807, 2.05) is 0 Å². The number of para-hydroxylation sites is 1. The SMILES string of the molecule is c1ccc(-n2c(CN3CCCCC3)nnc2SCC2CCCO2)cc1. The predicted molar refractivity (Wildman–Crippen MR) is 100 cm³/mol. The van der Waals surface area contributed by atoms with Crippen molar-refractivity contribution in [3.05, 3.63) is 36.2 Å². The average Bonchev–Trinajstić information content (AvgIpc) is 3.31. The van der Waals surface area contributed by atoms with Crippen LogP contribution in [-0.2, 0) is 11.3 Å². The number of benzene rings is 1. The molecule has 5 nitrogen and oxygen atoms in total. The highest BCUT2D eigenvalue weighted by molar-refractivity contribution is 7.99. The van der Waals surface area contributed by atoms with Crippen molar-refractivity contribution < 1.29 is 4.74 Å². The molecule has 0 amide bonds. The van der Waals surface area contributed by atoms with E-state index in [1.165, 1.54) is 38.8 Å². The van der Waals surface area contributed by atoms with Crippen LogP contribution in [0.2, 0.25) is 0 Å². The van der Waals surface area contributed by atoms with Crippen LogP contribution < -0.4 is 0 Å². The Kier molecular flexibility index (Phi) is 5.69. The minimum atomic E-state index is 0.358. The first kappa shape index (κ1) is 17.1. The summed E-state index contributed by atoms with van der Waals surface area (Å²) in [5, 5.41) is 10.0. The Morgan fingerprint density at radius 3 is 2.64 bits per heavy atom. The van der Waals surface area contributed by atoms with E-state index < -0.39 is 0 Å². The van der Waals surface area contributed by atoms with Gasteiger partial charge in [0.1, 0.15) is 0 Å². The minimum Gasteiger partial charge on any atom is -0.377 e. The van der Waals surface area contributed by atoms with Crippen LogP contribution in [0.3, 0.4) is 0 Å². The standard InChI is InChI=1S/C19H26N4OS/c1-3-8-16(9-4-1)23-18(14-22-11-5-2-6-12-22)20-21-19(23)25-15-17-10-7-13-24-17/h1,3-4,8-9,17H,2,5-7,10-15H2. The van der Waals surface area contributed by atoms with Gasteiger partial charge in [0.15, 0.2) is 11.0 Å². The first-order valence-electron chi connectivity index (χ1n) is 9.36. The summed E-state index contributed by atoms with van der Waals surface area (Å²) in [7, 11) is 0. The molecule has 0 aliphatic carbocycles. The van der Waals surface area contributed by atoms with E-state index in [4.69, 9.17) is 4.74 Å². The van der Waals surface area contributed by atoms with Gasteiger partial charge in [-0.15, -0.1) is 10.2 Å². The van der Waals surface area contributed by atoms with Crippen molar-refractivity contribution in [1.29, 1.82) is 0 Å². The van der Waals surface area contributed by atoms with E-state index in [-0.39, 0.29) is 0 Å². The summed E-state index contributed by atoms with van der Waals surface area (Å²) in [4.78, 5) is 2.50. The van der Waals surface area contributed by atoms with Gasteiger partial charge in [-0.3, -0.25) is 9.47 Å². The van der Waals surface area contributed by atoms with Gasteiger partial charge < -0.3 is 4.74 Å². The molecule has 25 heavy (non-hydrogen) atoms. The molecule has 134 valence electrons. The lowest BCUT2D eigenvalue weighted by atomic mass is 10.1. The van der Waals surface area contributed by atoms with Crippen molar-refractivity contribution in [2.45, 2.75) is 49.9 Å². The van der Waals surface area contributed by atoms with Crippen LogP contribution in [0.15, 0.2) is 35.5 Å². The van der Waals surface area contributed by atoms with Crippen LogP contribution >= 0.6 is 11.8 Å². The lowest BCUT2D eigenvalue weighted by molar-refractivity contribution is 0.129. The molecule has 1 unspecified atom stereocenters. The van der Waals surface area contributed by atoms with E-state index in [0.29, 0.717) is 6.10 Å². The second-order valence-corrected chi connectivity index (χ2v) is 7.84. The highest BCUT2D eigenvalue weighted by Gasteiger charge is 2.21. The maximum Gasteiger partial charge on any atom is 0.195 e. The summed E-state index contributed by atoms with van der Waals surface area (Å²) in [6.45, 7) is 4.11. The zero-order valence-corrected chi connectivity index (χ0v) is 15.5. The molecule has 2 fully saturated rings. The third kappa shape index (κ3) is 4.25. The molecule has 2 aromatic rings. The number of aromatic nitrogens is 3. The third-order valence-electron chi connectivity index (χ3n) is 4.95. The van der Waals surface area contributed by atoms with Gasteiger partial charge in [0.05, 0.1) is 12.6 Å². The number of rotatable bonds is 6. The second kappa shape index (κ2) is 8.34. The molecular weight excluding hydrogens is 332 g/mol. The molecule has 4 rings (SSSR count). The Morgan fingerprint density at radius 2 is 1.88 bits per heavy atom. The number of thioether (sulfide) groups is 1. The molecule has 2 aliphatic heterocycles. The van der Waals surface area contributed by atoms with Gasteiger partial charge in [-0.25, -0.2) is 0 Å². The van der Waals surface area contributed by atoms with Crippen LogP contribution in [0.1, 0.15) is 37.9 Å².